The summed E-state index contributed by atoms with van der Waals surface area (Å²) in [4.78, 5) is 107. The number of H-pyrrole nitrogens is 1. The Morgan fingerprint density at radius 1 is 0.421 bits per heavy atom. The molecule has 0 saturated carbocycles. The predicted molar refractivity (Wildman–Crippen MR) is 453 cm³/mol. The molecule has 0 aliphatic carbocycles. The van der Waals surface area contributed by atoms with E-state index in [0.717, 1.165) is 63.0 Å². The third kappa shape index (κ3) is 32.5. The second-order valence-electron chi connectivity index (χ2n) is 37.0. The van der Waals surface area contributed by atoms with Gasteiger partial charge in [-0.2, -0.15) is 10.2 Å². The van der Waals surface area contributed by atoms with E-state index in [9.17, 15) is 55.9 Å². The zero-order valence-corrected chi connectivity index (χ0v) is 74.2. The van der Waals surface area contributed by atoms with E-state index in [1.807, 2.05) is 265 Å². The molecule has 9 aromatic rings. The van der Waals surface area contributed by atoms with Crippen LogP contribution < -0.4 is 0 Å². The smallest absolute Gasteiger partial charge is 0.186 e. The van der Waals surface area contributed by atoms with E-state index in [4.69, 9.17) is 0 Å². The van der Waals surface area contributed by atoms with Crippen LogP contribution in [0.3, 0.4) is 0 Å². The molecule has 0 aliphatic rings. The molecular formula is C95H127F4N7O8. The third-order valence-corrected chi connectivity index (χ3v) is 17.3. The summed E-state index contributed by atoms with van der Waals surface area (Å²) in [7, 11) is 0. The van der Waals surface area contributed by atoms with Crippen molar-refractivity contribution in [1.29, 1.82) is 0 Å². The number of Topliss-reactive ketones (excluding diaryl/α,β-unsaturated/α-hetero) is 8. The summed E-state index contributed by atoms with van der Waals surface area (Å²) in [5.74, 6) is -2.98. The van der Waals surface area contributed by atoms with Gasteiger partial charge in [0, 0.05) is 85.5 Å². The lowest BCUT2D eigenvalue weighted by atomic mass is 9.85. The highest BCUT2D eigenvalue weighted by Gasteiger charge is 2.33. The molecule has 0 spiro atoms. The minimum Gasteiger partial charge on any atom is -0.299 e. The van der Waals surface area contributed by atoms with Crippen molar-refractivity contribution in [2.45, 2.75) is 248 Å². The molecule has 0 aliphatic heterocycles. The van der Waals surface area contributed by atoms with Gasteiger partial charge in [-0.25, -0.2) is 32.5 Å². The maximum Gasteiger partial charge on any atom is 0.186 e. The van der Waals surface area contributed by atoms with E-state index >= 15 is 0 Å². The summed E-state index contributed by atoms with van der Waals surface area (Å²) in [5.41, 5.74) is 7.73. The second kappa shape index (κ2) is 41.4. The maximum atomic E-state index is 13.6. The molecule has 0 bridgehead atoms. The standard InChI is InChI=1S/C14H15NO.2C13H18O.C12H13F3O.C12H15FO.C11H16N2O.C11H18N2O.C9H14N2O/c1-14(2,3)13(16)12-9-8-10-6-4-5-7-11(10)15-12;2*1-10-5-7-11(8-6-10)9-12(14)13(2,3)4;1-6-5-7(13)10(15)8(9(6)14)11(16)12(2,3)4;1-8-5-9(7-10(13)6-8)11(14)12(2,3)4;1-7-9(6-12-8(2)13-7)10(14)11(3,4)5;1-6-13-9(7-8(2)12-13)10(14)11(3,4)5;1-6-7(5-10-11-6)8(12)9(2,3)4/h4-9H,1-3H3;2*5-8H,9H2,1-4H3;5H,1-4H3;5-7H,1-4H3;6H,1-5H3;7H,6H2,1-5H3;5H,1-4H3,(H,10,11). The average Bonchev–Trinajstić information content (AvgIpc) is 0.936. The van der Waals surface area contributed by atoms with Gasteiger partial charge in [0.25, 0.3) is 0 Å². The first-order valence-electron chi connectivity index (χ1n) is 38.4. The predicted octanol–water partition coefficient (Wildman–Crippen LogP) is 23.5. The molecule has 0 saturated heterocycles. The van der Waals surface area contributed by atoms with Crippen molar-refractivity contribution in [2.24, 2.45) is 43.3 Å². The number of aromatic amines is 1. The van der Waals surface area contributed by atoms with Crippen LogP contribution in [0.2, 0.25) is 0 Å². The molecule has 0 atom stereocenters. The van der Waals surface area contributed by atoms with Crippen LogP contribution in [0.25, 0.3) is 10.9 Å². The summed E-state index contributed by atoms with van der Waals surface area (Å²) in [6, 6.07) is 34.9. The van der Waals surface area contributed by atoms with Gasteiger partial charge in [0.15, 0.2) is 46.3 Å². The molecular weight excluding hydrogens is 1440 g/mol. The summed E-state index contributed by atoms with van der Waals surface area (Å²) >= 11 is 0. The second-order valence-corrected chi connectivity index (χ2v) is 37.0. The van der Waals surface area contributed by atoms with Gasteiger partial charge in [-0.1, -0.05) is 250 Å². The SMILES string of the molecule is CC(C)(C)C(=O)c1ccc2ccccc2n1.CCn1nc(C)cc1C(=O)C(C)(C)C.Cc1[nH]ncc1C(=O)C(C)(C)C.Cc1cc(F)c(F)c(C(=O)C(C)(C)C)c1F.Cc1cc(F)cc(C(=O)C(C)(C)C)c1.Cc1ccc(CC(=O)C(C)(C)C)cc1.Cc1ccc(CC(=O)C(C)(C)C)cc1.Cc1ncc(C(=O)C(C)(C)C)c(C)n1. The van der Waals surface area contributed by atoms with Gasteiger partial charge >= 0.3 is 0 Å². The maximum absolute atomic E-state index is 13.6. The van der Waals surface area contributed by atoms with Crippen LogP contribution in [0.1, 0.15) is 292 Å². The normalized spacial score (nSPS) is 11.6. The molecule has 114 heavy (non-hydrogen) atoms. The van der Waals surface area contributed by atoms with Gasteiger partial charge < -0.3 is 0 Å². The van der Waals surface area contributed by atoms with E-state index < -0.39 is 39.6 Å². The van der Waals surface area contributed by atoms with E-state index in [-0.39, 0.29) is 72.8 Å². The summed E-state index contributed by atoms with van der Waals surface area (Å²) in [6.07, 6.45) is 4.29. The average molecular weight is 1570 g/mol. The first kappa shape index (κ1) is 100. The zero-order chi connectivity index (χ0) is 88.1. The van der Waals surface area contributed by atoms with Crippen molar-refractivity contribution in [3.05, 3.63) is 241 Å². The van der Waals surface area contributed by atoms with E-state index in [1.54, 1.807) is 36.1 Å². The first-order chi connectivity index (χ1) is 51.8. The molecule has 4 heterocycles. The van der Waals surface area contributed by atoms with Crippen LogP contribution in [0.4, 0.5) is 17.6 Å². The monoisotopic (exact) mass is 1570 g/mol. The highest BCUT2D eigenvalue weighted by molar-refractivity contribution is 6.03. The fourth-order valence-electron chi connectivity index (χ4n) is 10.0. The zero-order valence-electron chi connectivity index (χ0n) is 74.2. The number of aryl methyl sites for hydroxylation is 9. The molecule has 0 unspecified atom stereocenters. The van der Waals surface area contributed by atoms with Crippen molar-refractivity contribution < 1.29 is 55.9 Å². The van der Waals surface area contributed by atoms with Crippen molar-refractivity contribution >= 4 is 57.2 Å². The van der Waals surface area contributed by atoms with Crippen molar-refractivity contribution in [3.8, 4) is 0 Å². The minimum absolute atomic E-state index is 0.0277. The van der Waals surface area contributed by atoms with Crippen LogP contribution in [-0.2, 0) is 29.0 Å². The lowest BCUT2D eigenvalue weighted by Crippen LogP contribution is -2.23. The number of pyridine rings is 1. The number of hydrogen-bond donors (Lipinski definition) is 1. The van der Waals surface area contributed by atoms with Gasteiger partial charge in [0.2, 0.25) is 0 Å². The van der Waals surface area contributed by atoms with Crippen LogP contribution >= 0.6 is 0 Å². The number of carbonyl (C=O) groups is 8. The van der Waals surface area contributed by atoms with Gasteiger partial charge in [0.1, 0.15) is 40.4 Å². The first-order valence-corrected chi connectivity index (χ1v) is 38.4. The number of benzene rings is 5. The van der Waals surface area contributed by atoms with Crippen molar-refractivity contribution in [1.82, 2.24) is 34.9 Å². The van der Waals surface area contributed by atoms with Crippen LogP contribution in [0.5, 0.6) is 0 Å². The number of fused-ring (bicyclic) bond motifs is 1. The number of para-hydroxylation sites is 1. The van der Waals surface area contributed by atoms with Crippen LogP contribution in [0.15, 0.2) is 128 Å². The van der Waals surface area contributed by atoms with Crippen molar-refractivity contribution in [2.75, 3.05) is 0 Å². The highest BCUT2D eigenvalue weighted by Crippen LogP contribution is 2.30. The van der Waals surface area contributed by atoms with Crippen LogP contribution in [0, 0.1) is 122 Å². The molecule has 9 rings (SSSR count). The Balaban J connectivity index is 0.000000443. The largest absolute Gasteiger partial charge is 0.299 e. The number of halogens is 4. The van der Waals surface area contributed by atoms with Crippen LogP contribution in [-0.4, -0.2) is 81.2 Å². The fourth-order valence-corrected chi connectivity index (χ4v) is 10.0. The Kier molecular flexibility index (Phi) is 36.4. The highest BCUT2D eigenvalue weighted by atomic mass is 19.2. The van der Waals surface area contributed by atoms with E-state index in [0.29, 0.717) is 52.6 Å². The van der Waals surface area contributed by atoms with E-state index in [2.05, 4.69) is 44.1 Å². The Labute approximate surface area is 676 Å². The quantitative estimate of drug-likeness (QED) is 0.0724. The molecule has 19 heteroatoms. The number of nitrogens with zero attached hydrogens (tertiary/aromatic N) is 6. The molecule has 0 fully saturated rings. The van der Waals surface area contributed by atoms with Crippen molar-refractivity contribution in [3.63, 3.8) is 0 Å². The molecule has 618 valence electrons. The van der Waals surface area contributed by atoms with Gasteiger partial charge in [-0.05, 0) is 127 Å². The molecule has 4 aromatic heterocycles. The van der Waals surface area contributed by atoms with E-state index in [1.165, 1.54) is 51.0 Å². The number of aromatic nitrogens is 7. The minimum atomic E-state index is -1.41. The van der Waals surface area contributed by atoms with Gasteiger partial charge in [0.05, 0.1) is 39.8 Å². The van der Waals surface area contributed by atoms with Gasteiger partial charge in [-0.15, -0.1) is 0 Å². The number of carbonyl (C=O) groups excluding carboxylic acids is 8. The summed E-state index contributed by atoms with van der Waals surface area (Å²) in [6.45, 7) is 62.1. The summed E-state index contributed by atoms with van der Waals surface area (Å²) in [5, 5.41) is 11.9. The molecule has 15 nitrogen and oxygen atoms in total. The molecule has 0 radical (unpaired) electrons. The molecule has 0 amide bonds. The number of nitrogens with one attached hydrogen (secondary N) is 1. The Morgan fingerprint density at radius 3 is 1.27 bits per heavy atom. The number of ketones is 8. The lowest BCUT2D eigenvalue weighted by molar-refractivity contribution is -0.126. The molecule has 1 N–H and O–H groups in total. The van der Waals surface area contributed by atoms with Gasteiger partial charge in [-0.3, -0.25) is 48.1 Å². The molecule has 5 aromatic carbocycles. The summed E-state index contributed by atoms with van der Waals surface area (Å²) < 4.78 is 54.8. The third-order valence-electron chi connectivity index (χ3n) is 17.3. The number of hydrogen-bond acceptors (Lipinski definition) is 13. The lowest BCUT2D eigenvalue weighted by Gasteiger charge is -2.18. The Morgan fingerprint density at radius 2 is 0.868 bits per heavy atom. The Hall–Kier alpha value is -9.91. The topological polar surface area (TPSA) is 222 Å². The number of rotatable bonds is 11. The Bertz CT molecular complexity index is 4680. The fraction of sp³-hybridized carbons (Fsp3) is 0.463.